The molecular formula is C16H26O. The van der Waals surface area contributed by atoms with Crippen LogP contribution in [0.5, 0.6) is 0 Å². The molecule has 0 aromatic carbocycles. The predicted octanol–water partition coefficient (Wildman–Crippen LogP) is 3.63. The molecule has 96 valence electrons. The monoisotopic (exact) mass is 234 g/mol. The Bertz CT molecular complexity index is 331. The minimum Gasteiger partial charge on any atom is -0.392 e. The summed E-state index contributed by atoms with van der Waals surface area (Å²) >= 11 is 0. The number of aliphatic hydroxyl groups is 1. The fourth-order valence-electron chi connectivity index (χ4n) is 5.52. The van der Waals surface area contributed by atoms with Gasteiger partial charge in [0.1, 0.15) is 0 Å². The van der Waals surface area contributed by atoms with Crippen LogP contribution in [-0.2, 0) is 0 Å². The van der Waals surface area contributed by atoms with Crippen LogP contribution in [0, 0.1) is 35.0 Å². The molecule has 0 saturated heterocycles. The van der Waals surface area contributed by atoms with Gasteiger partial charge in [-0.2, -0.15) is 0 Å². The molecule has 0 spiro atoms. The highest BCUT2D eigenvalue weighted by atomic mass is 16.3. The van der Waals surface area contributed by atoms with Crippen molar-refractivity contribution >= 4 is 0 Å². The SMILES string of the molecule is C/C(=C/CCC(C)C1C2CC3C(C2)C31C)CO. The van der Waals surface area contributed by atoms with Crippen LogP contribution in [0.25, 0.3) is 0 Å². The predicted molar refractivity (Wildman–Crippen MR) is 70.5 cm³/mol. The van der Waals surface area contributed by atoms with Crippen molar-refractivity contribution in [2.75, 3.05) is 6.61 Å². The van der Waals surface area contributed by atoms with E-state index in [4.69, 9.17) is 5.11 Å². The molecular weight excluding hydrogens is 208 g/mol. The lowest BCUT2D eigenvalue weighted by molar-refractivity contribution is 0.219. The van der Waals surface area contributed by atoms with Gasteiger partial charge in [0.15, 0.2) is 0 Å². The zero-order valence-electron chi connectivity index (χ0n) is 11.4. The zero-order valence-corrected chi connectivity index (χ0v) is 11.4. The summed E-state index contributed by atoms with van der Waals surface area (Å²) in [4.78, 5) is 0. The van der Waals surface area contributed by atoms with Crippen molar-refractivity contribution in [3.8, 4) is 0 Å². The molecule has 4 aliphatic carbocycles. The number of aliphatic hydroxyl groups excluding tert-OH is 1. The van der Waals surface area contributed by atoms with E-state index in [2.05, 4.69) is 19.9 Å². The summed E-state index contributed by atoms with van der Waals surface area (Å²) in [5, 5.41) is 8.98. The van der Waals surface area contributed by atoms with Crippen LogP contribution in [-0.4, -0.2) is 11.7 Å². The third-order valence-electron chi connectivity index (χ3n) is 6.29. The van der Waals surface area contributed by atoms with Crippen molar-refractivity contribution in [2.24, 2.45) is 35.0 Å². The maximum absolute atomic E-state index is 8.98. The van der Waals surface area contributed by atoms with Crippen LogP contribution in [0.1, 0.15) is 46.5 Å². The first-order chi connectivity index (χ1) is 8.09. The number of rotatable bonds is 5. The van der Waals surface area contributed by atoms with Crippen LogP contribution in [0.4, 0.5) is 0 Å². The molecule has 4 unspecified atom stereocenters. The summed E-state index contributed by atoms with van der Waals surface area (Å²) in [6.07, 6.45) is 7.78. The molecule has 0 aromatic rings. The Kier molecular flexibility index (Phi) is 2.66. The summed E-state index contributed by atoms with van der Waals surface area (Å²) < 4.78 is 0. The van der Waals surface area contributed by atoms with E-state index in [1.165, 1.54) is 6.42 Å². The van der Waals surface area contributed by atoms with Crippen molar-refractivity contribution in [3.05, 3.63) is 11.6 Å². The lowest BCUT2D eigenvalue weighted by Gasteiger charge is -2.27. The van der Waals surface area contributed by atoms with Gasteiger partial charge in [0.05, 0.1) is 6.61 Å². The van der Waals surface area contributed by atoms with Crippen LogP contribution >= 0.6 is 0 Å². The van der Waals surface area contributed by atoms with Gasteiger partial charge in [-0.3, -0.25) is 0 Å². The molecule has 4 atom stereocenters. The fourth-order valence-corrected chi connectivity index (χ4v) is 5.52. The second kappa shape index (κ2) is 3.85. The molecule has 4 fully saturated rings. The summed E-state index contributed by atoms with van der Waals surface area (Å²) in [7, 11) is 0. The van der Waals surface area contributed by atoms with E-state index in [0.717, 1.165) is 47.0 Å². The molecule has 1 N–H and O–H groups in total. The topological polar surface area (TPSA) is 20.2 Å². The maximum atomic E-state index is 8.98. The number of hydrogen-bond donors (Lipinski definition) is 1. The molecule has 4 bridgehead atoms. The molecule has 17 heavy (non-hydrogen) atoms. The minimum absolute atomic E-state index is 0.225. The van der Waals surface area contributed by atoms with E-state index in [1.807, 2.05) is 6.92 Å². The standard InChI is InChI=1S/C16H26O/c1-10(9-17)5-4-6-11(2)15-12-7-13-14(8-12)16(13,15)3/h5,11-15,17H,4,6-9H2,1-3H3/b10-5-. The lowest BCUT2D eigenvalue weighted by atomic mass is 9.78. The Balaban J connectivity index is 1.56. The van der Waals surface area contributed by atoms with Gasteiger partial charge in [0.25, 0.3) is 0 Å². The van der Waals surface area contributed by atoms with E-state index in [1.54, 1.807) is 12.8 Å². The number of hydrogen-bond acceptors (Lipinski definition) is 1. The lowest BCUT2D eigenvalue weighted by Crippen LogP contribution is -2.20. The fraction of sp³-hybridized carbons (Fsp3) is 0.875. The molecule has 4 aliphatic rings. The van der Waals surface area contributed by atoms with E-state index in [-0.39, 0.29) is 6.61 Å². The zero-order chi connectivity index (χ0) is 12.2. The van der Waals surface area contributed by atoms with Crippen LogP contribution in [0.3, 0.4) is 0 Å². The highest BCUT2D eigenvalue weighted by molar-refractivity contribution is 5.24. The summed E-state index contributed by atoms with van der Waals surface area (Å²) in [6, 6.07) is 0. The second-order valence-corrected chi connectivity index (χ2v) is 7.10. The van der Waals surface area contributed by atoms with Crippen LogP contribution in [0.15, 0.2) is 11.6 Å². The molecule has 4 rings (SSSR count). The molecule has 1 heteroatoms. The van der Waals surface area contributed by atoms with Gasteiger partial charge in [-0.25, -0.2) is 0 Å². The van der Waals surface area contributed by atoms with Gasteiger partial charge in [0.2, 0.25) is 0 Å². The first kappa shape index (κ1) is 11.8. The average Bonchev–Trinajstić information content (AvgIpc) is 2.71. The van der Waals surface area contributed by atoms with E-state index in [0.29, 0.717) is 0 Å². The third kappa shape index (κ3) is 1.54. The van der Waals surface area contributed by atoms with Gasteiger partial charge >= 0.3 is 0 Å². The van der Waals surface area contributed by atoms with Crippen molar-refractivity contribution in [1.82, 2.24) is 0 Å². The van der Waals surface area contributed by atoms with Gasteiger partial charge in [-0.15, -0.1) is 0 Å². The van der Waals surface area contributed by atoms with Crippen molar-refractivity contribution in [2.45, 2.75) is 46.5 Å². The van der Waals surface area contributed by atoms with Gasteiger partial charge in [-0.1, -0.05) is 25.5 Å². The average molecular weight is 234 g/mol. The van der Waals surface area contributed by atoms with Gasteiger partial charge in [0, 0.05) is 0 Å². The minimum atomic E-state index is 0.225. The van der Waals surface area contributed by atoms with E-state index >= 15 is 0 Å². The molecule has 0 aliphatic heterocycles. The highest BCUT2D eigenvalue weighted by Gasteiger charge is 2.76. The molecule has 1 nitrogen and oxygen atoms in total. The molecule has 0 aromatic heterocycles. The maximum Gasteiger partial charge on any atom is 0.0639 e. The normalized spacial score (nSPS) is 48.6. The highest BCUT2D eigenvalue weighted by Crippen LogP contribution is 2.82. The van der Waals surface area contributed by atoms with Gasteiger partial charge in [-0.05, 0) is 67.6 Å². The Labute approximate surface area is 105 Å². The largest absolute Gasteiger partial charge is 0.392 e. The van der Waals surface area contributed by atoms with Crippen LogP contribution in [0.2, 0.25) is 0 Å². The Hall–Kier alpha value is -0.300. The molecule has 4 saturated carbocycles. The van der Waals surface area contributed by atoms with Crippen molar-refractivity contribution in [1.29, 1.82) is 0 Å². The second-order valence-electron chi connectivity index (χ2n) is 7.10. The van der Waals surface area contributed by atoms with Crippen molar-refractivity contribution < 1.29 is 5.11 Å². The smallest absolute Gasteiger partial charge is 0.0639 e. The van der Waals surface area contributed by atoms with Gasteiger partial charge < -0.3 is 5.11 Å². The Morgan fingerprint density at radius 3 is 2.53 bits per heavy atom. The number of allylic oxidation sites excluding steroid dienone is 1. The molecule has 0 amide bonds. The first-order valence-electron chi connectivity index (χ1n) is 7.35. The van der Waals surface area contributed by atoms with Crippen LogP contribution < -0.4 is 0 Å². The Morgan fingerprint density at radius 2 is 2.06 bits per heavy atom. The quantitative estimate of drug-likeness (QED) is 0.720. The summed E-state index contributed by atoms with van der Waals surface area (Å²) in [6.45, 7) is 7.27. The third-order valence-corrected chi connectivity index (χ3v) is 6.29. The molecule has 0 radical (unpaired) electrons. The van der Waals surface area contributed by atoms with E-state index in [9.17, 15) is 0 Å². The summed E-state index contributed by atoms with van der Waals surface area (Å²) in [5.74, 6) is 5.17. The Morgan fingerprint density at radius 1 is 1.41 bits per heavy atom. The van der Waals surface area contributed by atoms with Crippen molar-refractivity contribution in [3.63, 3.8) is 0 Å². The molecule has 0 heterocycles. The van der Waals surface area contributed by atoms with E-state index < -0.39 is 0 Å². The first-order valence-corrected chi connectivity index (χ1v) is 7.35. The summed E-state index contributed by atoms with van der Waals surface area (Å²) in [5.41, 5.74) is 1.88.